The number of hydrogen-bond acceptors (Lipinski definition) is 4. The summed E-state index contributed by atoms with van der Waals surface area (Å²) in [6, 6.07) is 11.9. The Bertz CT molecular complexity index is 721. The summed E-state index contributed by atoms with van der Waals surface area (Å²) in [6.07, 6.45) is 0. The van der Waals surface area contributed by atoms with Crippen molar-refractivity contribution in [1.29, 1.82) is 5.26 Å². The van der Waals surface area contributed by atoms with Crippen LogP contribution in [0.4, 0.5) is 5.69 Å². The van der Waals surface area contributed by atoms with Crippen molar-refractivity contribution < 1.29 is 9.53 Å². The van der Waals surface area contributed by atoms with Crippen LogP contribution in [0.1, 0.15) is 19.5 Å². The van der Waals surface area contributed by atoms with Crippen LogP contribution in [0.2, 0.25) is 5.02 Å². The van der Waals surface area contributed by atoms with Crippen LogP contribution in [0, 0.1) is 17.2 Å². The fraction of sp³-hybridized carbons (Fsp3) is 0.188. The third-order valence-corrected chi connectivity index (χ3v) is 3.10. The van der Waals surface area contributed by atoms with Crippen LogP contribution in [0.3, 0.4) is 0 Å². The van der Waals surface area contributed by atoms with Gasteiger partial charge in [0.1, 0.15) is 11.8 Å². The Morgan fingerprint density at radius 2 is 1.95 bits per heavy atom. The molecule has 2 rings (SSSR count). The second-order valence-corrected chi connectivity index (χ2v) is 5.27. The van der Waals surface area contributed by atoms with Crippen molar-refractivity contribution in [1.82, 2.24) is 4.98 Å². The van der Waals surface area contributed by atoms with Gasteiger partial charge in [-0.25, -0.2) is 4.98 Å². The monoisotopic (exact) mass is 315 g/mol. The fourth-order valence-electron chi connectivity index (χ4n) is 1.57. The van der Waals surface area contributed by atoms with Gasteiger partial charge in [-0.3, -0.25) is 4.79 Å². The first-order valence-electron chi connectivity index (χ1n) is 6.65. The van der Waals surface area contributed by atoms with Gasteiger partial charge in [-0.05, 0) is 30.3 Å². The van der Waals surface area contributed by atoms with Crippen LogP contribution >= 0.6 is 11.6 Å². The lowest BCUT2D eigenvalue weighted by Gasteiger charge is -2.09. The van der Waals surface area contributed by atoms with E-state index in [9.17, 15) is 4.79 Å². The van der Waals surface area contributed by atoms with Gasteiger partial charge in [-0.15, -0.1) is 0 Å². The van der Waals surface area contributed by atoms with E-state index in [1.807, 2.05) is 19.9 Å². The first-order chi connectivity index (χ1) is 10.5. The van der Waals surface area contributed by atoms with Crippen LogP contribution in [-0.4, -0.2) is 10.9 Å². The van der Waals surface area contributed by atoms with Gasteiger partial charge in [0.15, 0.2) is 5.69 Å². The summed E-state index contributed by atoms with van der Waals surface area (Å²) < 4.78 is 5.55. The highest BCUT2D eigenvalue weighted by Crippen LogP contribution is 2.24. The molecule has 0 spiro atoms. The summed E-state index contributed by atoms with van der Waals surface area (Å²) in [4.78, 5) is 15.6. The molecule has 22 heavy (non-hydrogen) atoms. The molecule has 0 saturated heterocycles. The topological polar surface area (TPSA) is 75.0 Å². The molecular weight excluding hydrogens is 302 g/mol. The van der Waals surface area contributed by atoms with Crippen LogP contribution in [0.25, 0.3) is 0 Å². The lowest BCUT2D eigenvalue weighted by molar-refractivity contribution is -0.118. The molecule has 1 N–H and O–H groups in total. The number of hydrogen-bond donors (Lipinski definition) is 1. The molecule has 0 aliphatic rings. The Morgan fingerprint density at radius 3 is 2.55 bits per heavy atom. The van der Waals surface area contributed by atoms with E-state index < -0.39 is 0 Å². The SMILES string of the molecule is CC(C)C(=O)Nc1ccc(Oc2ccc(Cl)c(C#N)n2)cc1. The molecule has 0 fully saturated rings. The number of carbonyl (C=O) groups is 1. The largest absolute Gasteiger partial charge is 0.439 e. The van der Waals surface area contributed by atoms with Crippen molar-refractivity contribution in [2.75, 3.05) is 5.32 Å². The molecule has 1 heterocycles. The van der Waals surface area contributed by atoms with Crippen molar-refractivity contribution in [2.45, 2.75) is 13.8 Å². The van der Waals surface area contributed by atoms with Gasteiger partial charge < -0.3 is 10.1 Å². The fourth-order valence-corrected chi connectivity index (χ4v) is 1.72. The molecule has 5 nitrogen and oxygen atoms in total. The van der Waals surface area contributed by atoms with Gasteiger partial charge in [-0.1, -0.05) is 25.4 Å². The zero-order chi connectivity index (χ0) is 16.1. The zero-order valence-electron chi connectivity index (χ0n) is 12.1. The second kappa shape index (κ2) is 6.92. The molecular formula is C16H14ClN3O2. The Kier molecular flexibility index (Phi) is 4.97. The van der Waals surface area contributed by atoms with Crippen LogP contribution in [-0.2, 0) is 4.79 Å². The van der Waals surface area contributed by atoms with Crippen LogP contribution in [0.15, 0.2) is 36.4 Å². The van der Waals surface area contributed by atoms with Crippen LogP contribution < -0.4 is 10.1 Å². The lowest BCUT2D eigenvalue weighted by Crippen LogP contribution is -2.17. The number of ether oxygens (including phenoxy) is 1. The number of amides is 1. The molecule has 0 aliphatic carbocycles. The maximum absolute atomic E-state index is 11.6. The highest BCUT2D eigenvalue weighted by atomic mass is 35.5. The number of halogens is 1. The number of rotatable bonds is 4. The van der Waals surface area contributed by atoms with E-state index in [1.54, 1.807) is 36.4 Å². The number of nitrogens with zero attached hydrogens (tertiary/aromatic N) is 2. The number of benzene rings is 1. The predicted molar refractivity (Wildman–Crippen MR) is 83.9 cm³/mol. The normalized spacial score (nSPS) is 10.1. The van der Waals surface area contributed by atoms with Crippen LogP contribution in [0.5, 0.6) is 11.6 Å². The number of aromatic nitrogens is 1. The summed E-state index contributed by atoms with van der Waals surface area (Å²) in [5, 5.41) is 11.9. The van der Waals surface area contributed by atoms with E-state index in [4.69, 9.17) is 21.6 Å². The van der Waals surface area contributed by atoms with Crippen molar-refractivity contribution >= 4 is 23.2 Å². The van der Waals surface area contributed by atoms with Crippen molar-refractivity contribution in [3.8, 4) is 17.7 Å². The Hall–Kier alpha value is -2.58. The summed E-state index contributed by atoms with van der Waals surface area (Å²) in [5.41, 5.74) is 0.799. The van der Waals surface area contributed by atoms with Crippen molar-refractivity contribution in [3.05, 3.63) is 47.1 Å². The van der Waals surface area contributed by atoms with E-state index >= 15 is 0 Å². The van der Waals surface area contributed by atoms with Crippen molar-refractivity contribution in [2.24, 2.45) is 5.92 Å². The molecule has 6 heteroatoms. The van der Waals surface area contributed by atoms with E-state index in [1.165, 1.54) is 0 Å². The van der Waals surface area contributed by atoms with E-state index in [0.717, 1.165) is 0 Å². The molecule has 0 aliphatic heterocycles. The summed E-state index contributed by atoms with van der Waals surface area (Å²) >= 11 is 5.81. The van der Waals surface area contributed by atoms with Gasteiger partial charge in [0.25, 0.3) is 0 Å². The molecule has 0 atom stereocenters. The van der Waals surface area contributed by atoms with E-state index in [-0.39, 0.29) is 28.4 Å². The van der Waals surface area contributed by atoms with Gasteiger partial charge in [0, 0.05) is 17.7 Å². The smallest absolute Gasteiger partial charge is 0.226 e. The Morgan fingerprint density at radius 1 is 1.27 bits per heavy atom. The minimum absolute atomic E-state index is 0.0494. The standard InChI is InChI=1S/C16H14ClN3O2/c1-10(2)16(21)19-11-3-5-12(6-4-11)22-15-8-7-13(17)14(9-18)20-15/h3-8,10H,1-2H3,(H,19,21). The maximum atomic E-state index is 11.6. The molecule has 112 valence electrons. The van der Waals surface area contributed by atoms with Gasteiger partial charge >= 0.3 is 0 Å². The molecule has 1 aromatic heterocycles. The van der Waals surface area contributed by atoms with E-state index in [2.05, 4.69) is 10.3 Å². The molecule has 1 amide bonds. The van der Waals surface area contributed by atoms with Crippen molar-refractivity contribution in [3.63, 3.8) is 0 Å². The zero-order valence-corrected chi connectivity index (χ0v) is 12.9. The number of nitrogens with one attached hydrogen (secondary N) is 1. The third kappa shape index (κ3) is 3.96. The highest BCUT2D eigenvalue weighted by Gasteiger charge is 2.08. The quantitative estimate of drug-likeness (QED) is 0.925. The molecule has 0 unspecified atom stereocenters. The Labute approximate surface area is 133 Å². The number of anilines is 1. The minimum atomic E-state index is -0.0846. The first-order valence-corrected chi connectivity index (χ1v) is 7.03. The molecule has 0 radical (unpaired) electrons. The Balaban J connectivity index is 2.08. The molecule has 0 saturated carbocycles. The second-order valence-electron chi connectivity index (χ2n) is 4.86. The highest BCUT2D eigenvalue weighted by molar-refractivity contribution is 6.31. The summed E-state index contributed by atoms with van der Waals surface area (Å²) in [5.74, 6) is 0.687. The number of carbonyl (C=O) groups excluding carboxylic acids is 1. The maximum Gasteiger partial charge on any atom is 0.226 e. The van der Waals surface area contributed by atoms with Gasteiger partial charge in [0.05, 0.1) is 5.02 Å². The molecule has 1 aromatic carbocycles. The minimum Gasteiger partial charge on any atom is -0.439 e. The summed E-state index contributed by atoms with van der Waals surface area (Å²) in [7, 11) is 0. The van der Waals surface area contributed by atoms with Gasteiger partial charge in [0.2, 0.25) is 11.8 Å². The van der Waals surface area contributed by atoms with Gasteiger partial charge in [-0.2, -0.15) is 5.26 Å². The lowest BCUT2D eigenvalue weighted by atomic mass is 10.2. The average Bonchev–Trinajstić information content (AvgIpc) is 2.51. The third-order valence-electron chi connectivity index (χ3n) is 2.80. The summed E-state index contributed by atoms with van der Waals surface area (Å²) in [6.45, 7) is 3.65. The molecule has 2 aromatic rings. The first kappa shape index (κ1) is 15.8. The molecule has 0 bridgehead atoms. The number of nitriles is 1. The number of pyridine rings is 1. The van der Waals surface area contributed by atoms with E-state index in [0.29, 0.717) is 11.4 Å². The predicted octanol–water partition coefficient (Wildman–Crippen LogP) is 3.99. The average molecular weight is 316 g/mol.